The molecule has 2 N–H and O–H groups in total. The first-order valence-electron chi connectivity index (χ1n) is 5.24. The van der Waals surface area contributed by atoms with Gasteiger partial charge in [-0.2, -0.15) is 0 Å². The van der Waals surface area contributed by atoms with Crippen LogP contribution in [0.4, 0.5) is 0 Å². The van der Waals surface area contributed by atoms with E-state index in [0.29, 0.717) is 6.54 Å². The first kappa shape index (κ1) is 9.53. The van der Waals surface area contributed by atoms with E-state index in [4.69, 9.17) is 10.5 Å². The molecule has 1 aromatic carbocycles. The summed E-state index contributed by atoms with van der Waals surface area (Å²) in [5, 5.41) is 0. The minimum atomic E-state index is 0.701. The minimum absolute atomic E-state index is 0.701. The standard InChI is InChI=1S/C12H17NO/c1-14-12-6-5-9-3-2-4-10(9)11(12)7-8-13/h5-6H,2-4,7-8,13H2,1H3. The van der Waals surface area contributed by atoms with Crippen LogP contribution in [0.2, 0.25) is 0 Å². The summed E-state index contributed by atoms with van der Waals surface area (Å²) in [5.74, 6) is 1.01. The molecular weight excluding hydrogens is 174 g/mol. The summed E-state index contributed by atoms with van der Waals surface area (Å²) in [6.45, 7) is 0.701. The molecule has 76 valence electrons. The van der Waals surface area contributed by atoms with Crippen LogP contribution in [0.3, 0.4) is 0 Å². The Morgan fingerprint density at radius 1 is 1.36 bits per heavy atom. The topological polar surface area (TPSA) is 35.2 Å². The lowest BCUT2D eigenvalue weighted by atomic mass is 10.00. The first-order chi connectivity index (χ1) is 6.86. The van der Waals surface area contributed by atoms with Gasteiger partial charge >= 0.3 is 0 Å². The van der Waals surface area contributed by atoms with Gasteiger partial charge in [-0.1, -0.05) is 6.07 Å². The average molecular weight is 191 g/mol. The van der Waals surface area contributed by atoms with E-state index < -0.39 is 0 Å². The van der Waals surface area contributed by atoms with Crippen molar-refractivity contribution in [2.75, 3.05) is 13.7 Å². The van der Waals surface area contributed by atoms with Gasteiger partial charge in [0.15, 0.2) is 0 Å². The first-order valence-corrected chi connectivity index (χ1v) is 5.24. The molecule has 14 heavy (non-hydrogen) atoms. The molecule has 0 spiro atoms. The molecule has 0 unspecified atom stereocenters. The molecule has 2 nitrogen and oxygen atoms in total. The van der Waals surface area contributed by atoms with Crippen molar-refractivity contribution in [3.63, 3.8) is 0 Å². The third kappa shape index (κ3) is 1.50. The number of ether oxygens (including phenoxy) is 1. The van der Waals surface area contributed by atoms with E-state index in [1.54, 1.807) is 7.11 Å². The van der Waals surface area contributed by atoms with Crippen LogP contribution < -0.4 is 10.5 Å². The Bertz CT molecular complexity index is 333. The monoisotopic (exact) mass is 191 g/mol. The predicted octanol–water partition coefficient (Wildman–Crippen LogP) is 1.69. The third-order valence-electron chi connectivity index (χ3n) is 2.97. The van der Waals surface area contributed by atoms with Gasteiger partial charge in [0.05, 0.1) is 7.11 Å². The molecule has 1 aliphatic rings. The molecule has 2 rings (SSSR count). The van der Waals surface area contributed by atoms with Crippen LogP contribution in [0.5, 0.6) is 5.75 Å². The van der Waals surface area contributed by atoms with Crippen LogP contribution in [-0.4, -0.2) is 13.7 Å². The van der Waals surface area contributed by atoms with Crippen LogP contribution in [0, 0.1) is 0 Å². The van der Waals surface area contributed by atoms with Gasteiger partial charge in [-0.25, -0.2) is 0 Å². The van der Waals surface area contributed by atoms with E-state index >= 15 is 0 Å². The van der Waals surface area contributed by atoms with Crippen LogP contribution in [0.1, 0.15) is 23.1 Å². The number of nitrogens with two attached hydrogens (primary N) is 1. The molecule has 0 amide bonds. The number of fused-ring (bicyclic) bond motifs is 1. The van der Waals surface area contributed by atoms with Gasteiger partial charge in [0.25, 0.3) is 0 Å². The van der Waals surface area contributed by atoms with Crippen molar-refractivity contribution in [1.82, 2.24) is 0 Å². The normalized spacial score (nSPS) is 14.1. The lowest BCUT2D eigenvalue weighted by Gasteiger charge is -2.12. The van der Waals surface area contributed by atoms with Crippen LogP contribution in [-0.2, 0) is 19.3 Å². The van der Waals surface area contributed by atoms with E-state index in [0.717, 1.165) is 12.2 Å². The zero-order valence-electron chi connectivity index (χ0n) is 8.68. The summed E-state index contributed by atoms with van der Waals surface area (Å²) < 4.78 is 5.37. The molecule has 1 aliphatic carbocycles. The number of methoxy groups -OCH3 is 1. The van der Waals surface area contributed by atoms with Crippen molar-refractivity contribution in [2.24, 2.45) is 5.73 Å². The quantitative estimate of drug-likeness (QED) is 0.789. The molecule has 0 saturated carbocycles. The van der Waals surface area contributed by atoms with Gasteiger partial charge in [-0.15, -0.1) is 0 Å². The molecule has 0 fully saturated rings. The minimum Gasteiger partial charge on any atom is -0.496 e. The Morgan fingerprint density at radius 3 is 2.93 bits per heavy atom. The average Bonchev–Trinajstić information content (AvgIpc) is 2.67. The summed E-state index contributed by atoms with van der Waals surface area (Å²) >= 11 is 0. The maximum Gasteiger partial charge on any atom is 0.122 e. The maximum atomic E-state index is 5.62. The van der Waals surface area contributed by atoms with Crippen molar-refractivity contribution in [3.8, 4) is 5.75 Å². The highest BCUT2D eigenvalue weighted by atomic mass is 16.5. The second kappa shape index (κ2) is 4.01. The molecule has 0 aliphatic heterocycles. The smallest absolute Gasteiger partial charge is 0.122 e. The summed E-state index contributed by atoms with van der Waals surface area (Å²) in [7, 11) is 1.73. The fraction of sp³-hybridized carbons (Fsp3) is 0.500. The predicted molar refractivity (Wildman–Crippen MR) is 57.8 cm³/mol. The second-order valence-corrected chi connectivity index (χ2v) is 3.78. The van der Waals surface area contributed by atoms with Crippen molar-refractivity contribution in [2.45, 2.75) is 25.7 Å². The largest absolute Gasteiger partial charge is 0.496 e. The van der Waals surface area contributed by atoms with Crippen molar-refractivity contribution >= 4 is 0 Å². The third-order valence-corrected chi connectivity index (χ3v) is 2.97. The van der Waals surface area contributed by atoms with Crippen molar-refractivity contribution in [1.29, 1.82) is 0 Å². The van der Waals surface area contributed by atoms with E-state index in [9.17, 15) is 0 Å². The van der Waals surface area contributed by atoms with E-state index in [-0.39, 0.29) is 0 Å². The van der Waals surface area contributed by atoms with Crippen LogP contribution in [0.15, 0.2) is 12.1 Å². The fourth-order valence-corrected chi connectivity index (χ4v) is 2.33. The van der Waals surface area contributed by atoms with Gasteiger partial charge in [0, 0.05) is 0 Å². The molecule has 0 bridgehead atoms. The van der Waals surface area contributed by atoms with Crippen LogP contribution >= 0.6 is 0 Å². The maximum absolute atomic E-state index is 5.62. The number of aryl methyl sites for hydroxylation is 1. The Morgan fingerprint density at radius 2 is 2.21 bits per heavy atom. The molecule has 2 heteroatoms. The highest BCUT2D eigenvalue weighted by molar-refractivity contribution is 5.47. The SMILES string of the molecule is COc1ccc2c(c1CCN)CCC2. The summed E-state index contributed by atoms with van der Waals surface area (Å²) in [6, 6.07) is 4.27. The summed E-state index contributed by atoms with van der Waals surface area (Å²) in [4.78, 5) is 0. The Kier molecular flexibility index (Phi) is 2.73. The van der Waals surface area contributed by atoms with Gasteiger partial charge in [0.2, 0.25) is 0 Å². The second-order valence-electron chi connectivity index (χ2n) is 3.78. The lowest BCUT2D eigenvalue weighted by Crippen LogP contribution is -2.07. The molecule has 0 atom stereocenters. The summed E-state index contributed by atoms with van der Waals surface area (Å²) in [5.41, 5.74) is 9.95. The molecule has 0 radical (unpaired) electrons. The van der Waals surface area contributed by atoms with E-state index in [1.807, 2.05) is 0 Å². The van der Waals surface area contributed by atoms with Gasteiger partial charge < -0.3 is 10.5 Å². The van der Waals surface area contributed by atoms with Crippen molar-refractivity contribution < 1.29 is 4.74 Å². The Labute approximate surface area is 85.1 Å². The molecule has 0 saturated heterocycles. The van der Waals surface area contributed by atoms with Crippen molar-refractivity contribution in [3.05, 3.63) is 28.8 Å². The number of benzene rings is 1. The highest BCUT2D eigenvalue weighted by Crippen LogP contribution is 2.31. The zero-order chi connectivity index (χ0) is 9.97. The number of hydrogen-bond acceptors (Lipinski definition) is 2. The van der Waals surface area contributed by atoms with Gasteiger partial charge in [-0.3, -0.25) is 0 Å². The van der Waals surface area contributed by atoms with E-state index in [2.05, 4.69) is 12.1 Å². The molecule has 1 aromatic rings. The molecule has 0 aromatic heterocycles. The highest BCUT2D eigenvalue weighted by Gasteiger charge is 2.17. The Hall–Kier alpha value is -1.02. The fourth-order valence-electron chi connectivity index (χ4n) is 2.33. The Balaban J connectivity index is 2.45. The van der Waals surface area contributed by atoms with Gasteiger partial charge in [0.1, 0.15) is 5.75 Å². The molecular formula is C12H17NO. The van der Waals surface area contributed by atoms with Gasteiger partial charge in [-0.05, 0) is 55.0 Å². The van der Waals surface area contributed by atoms with E-state index in [1.165, 1.54) is 36.0 Å². The zero-order valence-corrected chi connectivity index (χ0v) is 8.68. The van der Waals surface area contributed by atoms with Crippen LogP contribution in [0.25, 0.3) is 0 Å². The molecule has 0 heterocycles. The lowest BCUT2D eigenvalue weighted by molar-refractivity contribution is 0.409. The number of hydrogen-bond donors (Lipinski definition) is 1. The summed E-state index contributed by atoms with van der Waals surface area (Å²) in [6.07, 6.45) is 4.63. The number of rotatable bonds is 3.